The number of phenols is 1. The molecule has 8 heteroatoms. The van der Waals surface area contributed by atoms with Crippen molar-refractivity contribution in [2.45, 2.75) is 5.25 Å². The molecular weight excluding hydrogens is 459 g/mol. The third-order valence-electron chi connectivity index (χ3n) is 4.84. The van der Waals surface area contributed by atoms with E-state index in [-0.39, 0.29) is 17.1 Å². The largest absolute Gasteiger partial charge is 0.504 e. The molecule has 1 heterocycles. The number of Topliss-reactive ketones (excluding diaryl/α,β-unsaturated/α-hetero) is 1. The van der Waals surface area contributed by atoms with Crippen LogP contribution >= 0.6 is 23.2 Å². The molecule has 0 unspecified atom stereocenters. The first-order chi connectivity index (χ1) is 14.7. The van der Waals surface area contributed by atoms with Crippen molar-refractivity contribution in [2.24, 2.45) is 0 Å². The van der Waals surface area contributed by atoms with E-state index in [4.69, 9.17) is 27.6 Å². The number of aromatic hydroxyl groups is 1. The summed E-state index contributed by atoms with van der Waals surface area (Å²) in [6, 6.07) is 19.0. The highest BCUT2D eigenvalue weighted by atomic mass is 35.5. The third kappa shape index (κ3) is 4.46. The van der Waals surface area contributed by atoms with Crippen LogP contribution in [0, 0.1) is 0 Å². The Bertz CT molecular complexity index is 1310. The summed E-state index contributed by atoms with van der Waals surface area (Å²) in [5.74, 6) is -1.74. The first-order valence-corrected chi connectivity index (χ1v) is 11.7. The highest BCUT2D eigenvalue weighted by molar-refractivity contribution is 7.92. The number of para-hydroxylation sites is 1. The molecule has 4 aromatic rings. The van der Waals surface area contributed by atoms with Gasteiger partial charge in [-0.25, -0.2) is 8.42 Å². The second kappa shape index (κ2) is 8.38. The zero-order valence-corrected chi connectivity index (χ0v) is 18.3. The topological polar surface area (TPSA) is 84.6 Å². The van der Waals surface area contributed by atoms with Crippen LogP contribution < -0.4 is 0 Å². The maximum absolute atomic E-state index is 13.4. The first-order valence-electron chi connectivity index (χ1n) is 9.22. The number of benzene rings is 3. The van der Waals surface area contributed by atoms with Gasteiger partial charge in [-0.05, 0) is 47.5 Å². The van der Waals surface area contributed by atoms with Crippen LogP contribution in [0.4, 0.5) is 0 Å². The van der Waals surface area contributed by atoms with Gasteiger partial charge in [0.1, 0.15) is 11.0 Å². The van der Waals surface area contributed by atoms with Gasteiger partial charge in [-0.2, -0.15) is 0 Å². The Labute approximate surface area is 188 Å². The van der Waals surface area contributed by atoms with E-state index in [1.54, 1.807) is 60.7 Å². The van der Waals surface area contributed by atoms with Crippen LogP contribution in [0.2, 0.25) is 10.0 Å². The molecule has 0 aliphatic carbocycles. The number of sulfone groups is 1. The second-order valence-corrected chi connectivity index (χ2v) is 9.98. The molecule has 158 valence electrons. The number of furan rings is 1. The quantitative estimate of drug-likeness (QED) is 0.355. The van der Waals surface area contributed by atoms with Gasteiger partial charge in [0.25, 0.3) is 0 Å². The van der Waals surface area contributed by atoms with E-state index >= 15 is 0 Å². The van der Waals surface area contributed by atoms with Crippen molar-refractivity contribution in [2.75, 3.05) is 5.75 Å². The second-order valence-electron chi connectivity index (χ2n) is 7.02. The number of hydrogen-bond donors (Lipinski definition) is 1. The fourth-order valence-electron chi connectivity index (χ4n) is 3.40. The molecular formula is C23H16Cl2O5S. The van der Waals surface area contributed by atoms with E-state index in [9.17, 15) is 18.3 Å². The molecule has 1 N–H and O–H groups in total. The highest BCUT2D eigenvalue weighted by Crippen LogP contribution is 2.34. The van der Waals surface area contributed by atoms with Gasteiger partial charge in [-0.1, -0.05) is 59.6 Å². The number of ketones is 1. The number of halogens is 2. The van der Waals surface area contributed by atoms with Crippen LogP contribution in [0.3, 0.4) is 0 Å². The van der Waals surface area contributed by atoms with Crippen LogP contribution in [0.5, 0.6) is 5.75 Å². The van der Waals surface area contributed by atoms with Crippen molar-refractivity contribution in [1.29, 1.82) is 0 Å². The fourth-order valence-corrected chi connectivity index (χ4v) is 5.47. The van der Waals surface area contributed by atoms with E-state index in [2.05, 4.69) is 0 Å². The predicted molar refractivity (Wildman–Crippen MR) is 121 cm³/mol. The van der Waals surface area contributed by atoms with Gasteiger partial charge in [0.05, 0.1) is 0 Å². The summed E-state index contributed by atoms with van der Waals surface area (Å²) < 4.78 is 32.2. The lowest BCUT2D eigenvalue weighted by atomic mass is 10.0. The Hall–Kier alpha value is -2.80. The summed E-state index contributed by atoms with van der Waals surface area (Å²) >= 11 is 11.9. The zero-order chi connectivity index (χ0) is 22.2. The molecule has 0 atom stereocenters. The number of hydrogen-bond acceptors (Lipinski definition) is 5. The van der Waals surface area contributed by atoms with E-state index in [1.165, 1.54) is 12.1 Å². The molecule has 0 saturated carbocycles. The number of fused-ring (bicyclic) bond motifs is 1. The molecule has 0 fully saturated rings. The number of carbonyl (C=O) groups excluding carboxylic acids is 1. The molecule has 0 aliphatic heterocycles. The van der Waals surface area contributed by atoms with E-state index < -0.39 is 26.6 Å². The molecule has 4 rings (SSSR count). The van der Waals surface area contributed by atoms with Gasteiger partial charge in [0, 0.05) is 15.4 Å². The van der Waals surface area contributed by atoms with Crippen LogP contribution in [0.1, 0.15) is 26.9 Å². The molecule has 3 aromatic carbocycles. The van der Waals surface area contributed by atoms with Crippen LogP contribution in [0.15, 0.2) is 77.2 Å². The number of rotatable bonds is 6. The molecule has 0 spiro atoms. The molecule has 0 saturated heterocycles. The van der Waals surface area contributed by atoms with Crippen LogP contribution in [-0.2, 0) is 9.84 Å². The standard InChI is InChI=1S/C23H16Cl2O5S/c24-17-8-4-14(5-9-17)23(15-6-10-18(25)11-7-15)31(28,29)13-20(27)21-12-16-2-1-3-19(26)22(16)30-21/h1-12,23,26H,13H2. The fraction of sp³-hybridized carbons (Fsp3) is 0.0870. The summed E-state index contributed by atoms with van der Waals surface area (Å²) in [5.41, 5.74) is 1.08. The minimum absolute atomic E-state index is 0.125. The third-order valence-corrected chi connectivity index (χ3v) is 7.27. The van der Waals surface area contributed by atoms with Crippen molar-refractivity contribution in [3.63, 3.8) is 0 Å². The van der Waals surface area contributed by atoms with E-state index in [0.717, 1.165) is 0 Å². The van der Waals surface area contributed by atoms with Crippen molar-refractivity contribution < 1.29 is 22.7 Å². The van der Waals surface area contributed by atoms with Crippen molar-refractivity contribution >= 4 is 49.8 Å². The zero-order valence-electron chi connectivity index (χ0n) is 16.0. The molecule has 0 bridgehead atoms. The maximum Gasteiger partial charge on any atom is 0.213 e. The Morgan fingerprint density at radius 2 is 1.45 bits per heavy atom. The monoisotopic (exact) mass is 474 g/mol. The Balaban J connectivity index is 1.72. The normalized spacial score (nSPS) is 11.8. The highest BCUT2D eigenvalue weighted by Gasteiger charge is 2.32. The minimum atomic E-state index is -4.01. The van der Waals surface area contributed by atoms with Crippen molar-refractivity contribution in [1.82, 2.24) is 0 Å². The SMILES string of the molecule is O=C(CS(=O)(=O)C(c1ccc(Cl)cc1)c1ccc(Cl)cc1)c1cc2cccc(O)c2o1. The molecule has 1 aromatic heterocycles. The molecule has 0 radical (unpaired) electrons. The molecule has 5 nitrogen and oxygen atoms in total. The van der Waals surface area contributed by atoms with Crippen molar-refractivity contribution in [3.8, 4) is 5.75 Å². The lowest BCUT2D eigenvalue weighted by molar-refractivity contribution is 0.0992. The first kappa shape index (κ1) is 21.4. The average Bonchev–Trinajstić information content (AvgIpc) is 3.17. The van der Waals surface area contributed by atoms with E-state index in [1.807, 2.05) is 0 Å². The molecule has 0 aliphatic rings. The van der Waals surface area contributed by atoms with Gasteiger partial charge in [-0.3, -0.25) is 4.79 Å². The van der Waals surface area contributed by atoms with Gasteiger partial charge in [0.15, 0.2) is 26.9 Å². The van der Waals surface area contributed by atoms with Crippen molar-refractivity contribution in [3.05, 3.63) is 99.7 Å². The summed E-state index contributed by atoms with van der Waals surface area (Å²) in [4.78, 5) is 12.8. The summed E-state index contributed by atoms with van der Waals surface area (Å²) in [5, 5.41) is 10.2. The molecule has 31 heavy (non-hydrogen) atoms. The Morgan fingerprint density at radius 3 is 1.97 bits per heavy atom. The summed E-state index contributed by atoms with van der Waals surface area (Å²) in [7, 11) is -4.01. The number of phenolic OH excluding ortho intramolecular Hbond substituents is 1. The Morgan fingerprint density at radius 1 is 0.903 bits per heavy atom. The lowest BCUT2D eigenvalue weighted by Gasteiger charge is -2.18. The lowest BCUT2D eigenvalue weighted by Crippen LogP contribution is -2.23. The summed E-state index contributed by atoms with van der Waals surface area (Å²) in [6.07, 6.45) is 0. The number of carbonyl (C=O) groups is 1. The average molecular weight is 475 g/mol. The smallest absolute Gasteiger partial charge is 0.213 e. The van der Waals surface area contributed by atoms with Gasteiger partial charge in [0.2, 0.25) is 5.78 Å². The van der Waals surface area contributed by atoms with Gasteiger partial charge < -0.3 is 9.52 Å². The van der Waals surface area contributed by atoms with Gasteiger partial charge in [-0.15, -0.1) is 0 Å². The van der Waals surface area contributed by atoms with Crippen LogP contribution in [-0.4, -0.2) is 25.1 Å². The van der Waals surface area contributed by atoms with Gasteiger partial charge >= 0.3 is 0 Å². The molecule has 0 amide bonds. The maximum atomic E-state index is 13.4. The minimum Gasteiger partial charge on any atom is -0.504 e. The van der Waals surface area contributed by atoms with Crippen LogP contribution in [0.25, 0.3) is 11.0 Å². The van der Waals surface area contributed by atoms with E-state index in [0.29, 0.717) is 26.6 Å². The Kier molecular flexibility index (Phi) is 5.79. The summed E-state index contributed by atoms with van der Waals surface area (Å²) in [6.45, 7) is 0. The predicted octanol–water partition coefficient (Wildman–Crippen LogP) is 5.83.